The van der Waals surface area contributed by atoms with E-state index in [2.05, 4.69) is 34.1 Å². The van der Waals surface area contributed by atoms with E-state index in [4.69, 9.17) is 10.7 Å². The lowest BCUT2D eigenvalue weighted by Gasteiger charge is -2.09. The zero-order valence-electron chi connectivity index (χ0n) is 13.9. The largest absolute Gasteiger partial charge is 0.396 e. The summed E-state index contributed by atoms with van der Waals surface area (Å²) in [5.74, 6) is 0. The van der Waals surface area contributed by atoms with Crippen LogP contribution < -0.4 is 5.73 Å². The molecule has 1 atom stereocenters. The Morgan fingerprint density at radius 3 is 2.38 bits per heavy atom. The lowest BCUT2D eigenvalue weighted by atomic mass is 10.00. The van der Waals surface area contributed by atoms with Crippen LogP contribution in [0.15, 0.2) is 69.3 Å². The van der Waals surface area contributed by atoms with Gasteiger partial charge in [0, 0.05) is 21.7 Å². The highest BCUT2D eigenvalue weighted by Crippen LogP contribution is 2.42. The Hall–Kier alpha value is -2.02. The van der Waals surface area contributed by atoms with Crippen LogP contribution in [-0.2, 0) is 10.8 Å². The first-order valence-electron chi connectivity index (χ1n) is 7.92. The molecular formula is C20H15BrN2OS2. The number of aromatic nitrogens is 1. The Labute approximate surface area is 166 Å². The van der Waals surface area contributed by atoms with Gasteiger partial charge >= 0.3 is 0 Å². The molecule has 4 rings (SSSR count). The number of hydrogen-bond acceptors (Lipinski definition) is 4. The fraction of sp³-hybridized carbons (Fsp3) is 0.0500. The highest BCUT2D eigenvalue weighted by molar-refractivity contribution is 9.10. The molecule has 0 saturated carbocycles. The molecule has 0 saturated heterocycles. The van der Waals surface area contributed by atoms with E-state index >= 15 is 0 Å². The van der Waals surface area contributed by atoms with Crippen molar-refractivity contribution in [3.05, 3.63) is 65.1 Å². The van der Waals surface area contributed by atoms with Gasteiger partial charge in [0.05, 0.1) is 22.2 Å². The van der Waals surface area contributed by atoms with Crippen molar-refractivity contribution in [2.24, 2.45) is 0 Å². The molecule has 0 aliphatic heterocycles. The zero-order chi connectivity index (χ0) is 18.3. The second-order valence-electron chi connectivity index (χ2n) is 5.87. The molecule has 6 heteroatoms. The first-order valence-corrected chi connectivity index (χ1v) is 11.1. The van der Waals surface area contributed by atoms with Crippen LogP contribution >= 0.6 is 27.3 Å². The molecule has 0 aliphatic rings. The molecule has 2 aromatic carbocycles. The Kier molecular flexibility index (Phi) is 4.65. The summed E-state index contributed by atoms with van der Waals surface area (Å²) >= 11 is 4.88. The van der Waals surface area contributed by atoms with Crippen LogP contribution in [0.4, 0.5) is 5.69 Å². The molecule has 0 aliphatic carbocycles. The van der Waals surface area contributed by atoms with Crippen LogP contribution in [0.1, 0.15) is 0 Å². The van der Waals surface area contributed by atoms with E-state index in [-0.39, 0.29) is 0 Å². The molecule has 2 heterocycles. The summed E-state index contributed by atoms with van der Waals surface area (Å²) in [6.07, 6.45) is 1.65. The van der Waals surface area contributed by atoms with Gasteiger partial charge in [-0.2, -0.15) is 0 Å². The van der Waals surface area contributed by atoms with Crippen molar-refractivity contribution in [1.82, 2.24) is 4.98 Å². The number of nitrogen functional groups attached to an aromatic ring is 1. The molecule has 0 spiro atoms. The molecule has 4 aromatic rings. The van der Waals surface area contributed by atoms with E-state index < -0.39 is 10.8 Å². The maximum absolute atomic E-state index is 12.1. The maximum atomic E-state index is 12.1. The standard InChI is InChI=1S/C20H15BrN2OS2/c1-26(24)20-18(22)17-15(12-5-3-2-4-6-12)11-16(23-19(17)25-20)13-7-9-14(21)10-8-13/h2-11H,22H2,1H3. The first kappa shape index (κ1) is 17.4. The molecule has 0 fully saturated rings. The normalized spacial score (nSPS) is 12.4. The SMILES string of the molecule is CS(=O)c1sc2nc(-c3ccc(Br)cc3)cc(-c3ccccc3)c2c1N. The number of benzene rings is 2. The third-order valence-electron chi connectivity index (χ3n) is 4.15. The minimum absolute atomic E-state index is 0.569. The van der Waals surface area contributed by atoms with Gasteiger partial charge in [0.15, 0.2) is 0 Å². The second-order valence-corrected chi connectivity index (χ2v) is 9.36. The molecule has 0 bridgehead atoms. The van der Waals surface area contributed by atoms with Crippen molar-refractivity contribution < 1.29 is 4.21 Å². The smallest absolute Gasteiger partial charge is 0.127 e. The van der Waals surface area contributed by atoms with E-state index in [1.165, 1.54) is 11.3 Å². The van der Waals surface area contributed by atoms with Crippen molar-refractivity contribution in [2.45, 2.75) is 4.21 Å². The Morgan fingerprint density at radius 1 is 1.04 bits per heavy atom. The summed E-state index contributed by atoms with van der Waals surface area (Å²) in [5.41, 5.74) is 10.9. The number of nitrogens with two attached hydrogens (primary N) is 1. The van der Waals surface area contributed by atoms with Crippen LogP contribution in [0.25, 0.3) is 32.6 Å². The number of hydrogen-bond donors (Lipinski definition) is 1. The Bertz CT molecular complexity index is 1120. The number of thiophene rings is 1. The highest BCUT2D eigenvalue weighted by Gasteiger charge is 2.19. The number of halogens is 1. The van der Waals surface area contributed by atoms with Crippen LogP contribution in [0.5, 0.6) is 0 Å². The zero-order valence-corrected chi connectivity index (χ0v) is 17.1. The van der Waals surface area contributed by atoms with E-state index in [0.717, 1.165) is 37.1 Å². The van der Waals surface area contributed by atoms with Crippen LogP contribution in [0.3, 0.4) is 0 Å². The van der Waals surface area contributed by atoms with Crippen molar-refractivity contribution >= 4 is 54.0 Å². The van der Waals surface area contributed by atoms with E-state index in [9.17, 15) is 4.21 Å². The van der Waals surface area contributed by atoms with Gasteiger partial charge in [-0.05, 0) is 29.3 Å². The van der Waals surface area contributed by atoms with Gasteiger partial charge in [0.2, 0.25) is 0 Å². The average molecular weight is 443 g/mol. The molecule has 1 unspecified atom stereocenters. The van der Waals surface area contributed by atoms with E-state index in [1.807, 2.05) is 42.5 Å². The minimum Gasteiger partial charge on any atom is -0.396 e. The first-order chi connectivity index (χ1) is 12.5. The van der Waals surface area contributed by atoms with Gasteiger partial charge in [-0.3, -0.25) is 4.21 Å². The highest BCUT2D eigenvalue weighted by atomic mass is 79.9. The number of pyridine rings is 1. The molecular weight excluding hydrogens is 428 g/mol. The topological polar surface area (TPSA) is 56.0 Å². The summed E-state index contributed by atoms with van der Waals surface area (Å²) < 4.78 is 13.8. The van der Waals surface area contributed by atoms with Crippen LogP contribution in [-0.4, -0.2) is 15.4 Å². The number of nitrogens with zero attached hydrogens (tertiary/aromatic N) is 1. The molecule has 3 nitrogen and oxygen atoms in total. The maximum Gasteiger partial charge on any atom is 0.127 e. The monoisotopic (exact) mass is 442 g/mol. The third kappa shape index (κ3) is 3.09. The Balaban J connectivity index is 2.04. The molecule has 0 radical (unpaired) electrons. The summed E-state index contributed by atoms with van der Waals surface area (Å²) in [5, 5.41) is 0.882. The second kappa shape index (κ2) is 6.95. The predicted molar refractivity (Wildman–Crippen MR) is 115 cm³/mol. The number of anilines is 1. The van der Waals surface area contributed by atoms with Crippen LogP contribution in [0, 0.1) is 0 Å². The fourth-order valence-corrected chi connectivity index (χ4v) is 5.16. The summed E-state index contributed by atoms with van der Waals surface area (Å²) in [7, 11) is -1.14. The van der Waals surface area contributed by atoms with Crippen molar-refractivity contribution in [1.29, 1.82) is 0 Å². The Morgan fingerprint density at radius 2 is 1.73 bits per heavy atom. The van der Waals surface area contributed by atoms with Crippen molar-refractivity contribution in [3.63, 3.8) is 0 Å². The predicted octanol–water partition coefficient (Wildman–Crippen LogP) is 5.71. The fourth-order valence-electron chi connectivity index (χ4n) is 2.93. The van der Waals surface area contributed by atoms with Crippen LogP contribution in [0.2, 0.25) is 0 Å². The lowest BCUT2D eigenvalue weighted by molar-refractivity contribution is 0.688. The quantitative estimate of drug-likeness (QED) is 0.441. The molecule has 2 aromatic heterocycles. The van der Waals surface area contributed by atoms with Crippen molar-refractivity contribution in [3.8, 4) is 22.4 Å². The number of rotatable bonds is 3. The number of fused-ring (bicyclic) bond motifs is 1. The minimum atomic E-state index is -1.14. The van der Waals surface area contributed by atoms with Gasteiger partial charge in [-0.25, -0.2) is 4.98 Å². The lowest BCUT2D eigenvalue weighted by Crippen LogP contribution is -1.93. The van der Waals surface area contributed by atoms with Gasteiger partial charge < -0.3 is 5.73 Å². The van der Waals surface area contributed by atoms with Gasteiger partial charge in [0.25, 0.3) is 0 Å². The summed E-state index contributed by atoms with van der Waals surface area (Å²) in [6.45, 7) is 0. The van der Waals surface area contributed by atoms with Gasteiger partial charge in [0.1, 0.15) is 9.04 Å². The summed E-state index contributed by atoms with van der Waals surface area (Å²) in [4.78, 5) is 5.63. The molecule has 0 amide bonds. The average Bonchev–Trinajstić information content (AvgIpc) is 2.99. The van der Waals surface area contributed by atoms with E-state index in [0.29, 0.717) is 9.90 Å². The van der Waals surface area contributed by atoms with Crippen molar-refractivity contribution in [2.75, 3.05) is 12.0 Å². The molecule has 26 heavy (non-hydrogen) atoms. The van der Waals surface area contributed by atoms with Gasteiger partial charge in [-0.1, -0.05) is 58.4 Å². The molecule has 2 N–H and O–H groups in total. The summed E-state index contributed by atoms with van der Waals surface area (Å²) in [6, 6.07) is 20.2. The molecule has 130 valence electrons. The third-order valence-corrected chi connectivity index (χ3v) is 7.27. The van der Waals surface area contributed by atoms with E-state index in [1.54, 1.807) is 6.26 Å². The van der Waals surface area contributed by atoms with Gasteiger partial charge in [-0.15, -0.1) is 11.3 Å².